The minimum atomic E-state index is -0.927. The SMILES string of the molecule is CC1CC(C)(C)CC2(C1)NC(=O)N(CC(=O)N1CCCC(C(=O)O)C1)C2=O. The second-order valence-corrected chi connectivity index (χ2v) is 9.28. The van der Waals surface area contributed by atoms with E-state index in [4.69, 9.17) is 0 Å². The highest BCUT2D eigenvalue weighted by molar-refractivity contribution is 6.09. The molecule has 8 nitrogen and oxygen atoms in total. The molecular weight excluding hydrogens is 350 g/mol. The summed E-state index contributed by atoms with van der Waals surface area (Å²) in [4.78, 5) is 51.9. The molecule has 3 rings (SSSR count). The second kappa shape index (κ2) is 6.80. The lowest BCUT2D eigenvalue weighted by atomic mass is 9.64. The van der Waals surface area contributed by atoms with Crippen molar-refractivity contribution in [3.8, 4) is 0 Å². The van der Waals surface area contributed by atoms with Gasteiger partial charge >= 0.3 is 12.0 Å². The molecule has 27 heavy (non-hydrogen) atoms. The highest BCUT2D eigenvalue weighted by Crippen LogP contribution is 2.46. The average Bonchev–Trinajstić information content (AvgIpc) is 2.76. The van der Waals surface area contributed by atoms with Gasteiger partial charge in [0.15, 0.2) is 0 Å². The third-order valence-corrected chi connectivity index (χ3v) is 6.04. The number of rotatable bonds is 3. The van der Waals surface area contributed by atoms with Crippen LogP contribution in [0.3, 0.4) is 0 Å². The van der Waals surface area contributed by atoms with E-state index in [9.17, 15) is 24.3 Å². The summed E-state index contributed by atoms with van der Waals surface area (Å²) >= 11 is 0. The Bertz CT molecular complexity index is 676. The number of nitrogens with zero attached hydrogens (tertiary/aromatic N) is 2. The number of hydrogen-bond acceptors (Lipinski definition) is 4. The van der Waals surface area contributed by atoms with Gasteiger partial charge in [-0.25, -0.2) is 4.79 Å². The summed E-state index contributed by atoms with van der Waals surface area (Å²) in [6.07, 6.45) is 3.28. The van der Waals surface area contributed by atoms with E-state index in [1.54, 1.807) is 0 Å². The van der Waals surface area contributed by atoms with Gasteiger partial charge in [-0.15, -0.1) is 0 Å². The zero-order valence-electron chi connectivity index (χ0n) is 16.3. The first-order chi connectivity index (χ1) is 12.5. The lowest BCUT2D eigenvalue weighted by Gasteiger charge is -2.43. The number of nitrogens with one attached hydrogen (secondary N) is 1. The van der Waals surface area contributed by atoms with Crippen molar-refractivity contribution >= 4 is 23.8 Å². The molecule has 1 spiro atoms. The topological polar surface area (TPSA) is 107 Å². The van der Waals surface area contributed by atoms with Gasteiger partial charge in [-0.05, 0) is 43.4 Å². The summed E-state index contributed by atoms with van der Waals surface area (Å²) in [5.74, 6) is -1.90. The fraction of sp³-hybridized carbons (Fsp3) is 0.789. The van der Waals surface area contributed by atoms with Crippen LogP contribution in [0.25, 0.3) is 0 Å². The molecule has 8 heteroatoms. The molecule has 3 aliphatic rings. The summed E-state index contributed by atoms with van der Waals surface area (Å²) in [5, 5.41) is 12.0. The number of hydrogen-bond donors (Lipinski definition) is 2. The normalized spacial score (nSPS) is 33.3. The first kappa shape index (κ1) is 19.6. The summed E-state index contributed by atoms with van der Waals surface area (Å²) in [5.41, 5.74) is -0.994. The third-order valence-electron chi connectivity index (χ3n) is 6.04. The van der Waals surface area contributed by atoms with Gasteiger partial charge in [-0.3, -0.25) is 19.3 Å². The first-order valence-corrected chi connectivity index (χ1v) is 9.68. The summed E-state index contributed by atoms with van der Waals surface area (Å²) in [6.45, 7) is 6.53. The molecule has 0 aromatic heterocycles. The van der Waals surface area contributed by atoms with Crippen molar-refractivity contribution in [2.75, 3.05) is 19.6 Å². The monoisotopic (exact) mass is 379 g/mol. The third kappa shape index (κ3) is 3.80. The van der Waals surface area contributed by atoms with Gasteiger partial charge < -0.3 is 15.3 Å². The highest BCUT2D eigenvalue weighted by atomic mass is 16.4. The molecular formula is C19H29N3O5. The van der Waals surface area contributed by atoms with Crippen LogP contribution >= 0.6 is 0 Å². The van der Waals surface area contributed by atoms with E-state index < -0.39 is 23.5 Å². The molecule has 4 amide bonds. The minimum Gasteiger partial charge on any atom is -0.481 e. The summed E-state index contributed by atoms with van der Waals surface area (Å²) in [6, 6.07) is -0.523. The summed E-state index contributed by atoms with van der Waals surface area (Å²) in [7, 11) is 0. The zero-order chi connectivity index (χ0) is 20.0. The smallest absolute Gasteiger partial charge is 0.325 e. The van der Waals surface area contributed by atoms with Crippen LogP contribution in [0.4, 0.5) is 4.79 Å². The van der Waals surface area contributed by atoms with E-state index in [0.29, 0.717) is 38.1 Å². The molecule has 3 atom stereocenters. The zero-order valence-corrected chi connectivity index (χ0v) is 16.3. The number of piperidine rings is 1. The quantitative estimate of drug-likeness (QED) is 0.722. The van der Waals surface area contributed by atoms with E-state index in [1.807, 2.05) is 0 Å². The number of likely N-dealkylation sites (tertiary alicyclic amines) is 1. The molecule has 3 fully saturated rings. The Kier molecular flexibility index (Phi) is 4.94. The fourth-order valence-electron chi connectivity index (χ4n) is 5.29. The number of carboxylic acids is 1. The van der Waals surface area contributed by atoms with Crippen molar-refractivity contribution in [2.45, 2.75) is 58.4 Å². The Morgan fingerprint density at radius 1 is 1.26 bits per heavy atom. The molecule has 2 heterocycles. The van der Waals surface area contributed by atoms with Crippen LogP contribution in [-0.4, -0.2) is 63.9 Å². The standard InChI is InChI=1S/C19H29N3O5/c1-12-7-18(2,3)11-19(8-12)16(26)22(17(27)20-19)10-14(23)21-6-4-5-13(9-21)15(24)25/h12-13H,4-11H2,1-3H3,(H,20,27)(H,24,25). The maximum atomic E-state index is 13.1. The molecule has 0 radical (unpaired) electrons. The molecule has 1 aliphatic carbocycles. The molecule has 0 aromatic carbocycles. The summed E-state index contributed by atoms with van der Waals surface area (Å²) < 4.78 is 0. The van der Waals surface area contributed by atoms with Crippen molar-refractivity contribution in [1.29, 1.82) is 0 Å². The molecule has 3 unspecified atom stereocenters. The van der Waals surface area contributed by atoms with E-state index in [0.717, 1.165) is 11.3 Å². The average molecular weight is 379 g/mol. The molecule has 0 bridgehead atoms. The Balaban J connectivity index is 1.70. The van der Waals surface area contributed by atoms with Gasteiger partial charge in [-0.1, -0.05) is 20.8 Å². The van der Waals surface area contributed by atoms with Crippen molar-refractivity contribution < 1.29 is 24.3 Å². The minimum absolute atomic E-state index is 0.0673. The maximum Gasteiger partial charge on any atom is 0.325 e. The number of aliphatic carboxylic acids is 1. The lowest BCUT2D eigenvalue weighted by molar-refractivity contribution is -0.147. The predicted octanol–water partition coefficient (Wildman–Crippen LogP) is 1.45. The first-order valence-electron chi connectivity index (χ1n) is 9.68. The molecule has 150 valence electrons. The second-order valence-electron chi connectivity index (χ2n) is 9.28. The molecule has 2 aliphatic heterocycles. The highest BCUT2D eigenvalue weighted by Gasteiger charge is 2.56. The van der Waals surface area contributed by atoms with Crippen LogP contribution in [0.15, 0.2) is 0 Å². The number of amides is 4. The van der Waals surface area contributed by atoms with Crippen LogP contribution in [0, 0.1) is 17.3 Å². The Labute approximate surface area is 159 Å². The van der Waals surface area contributed by atoms with Gasteiger partial charge in [0, 0.05) is 13.1 Å². The Morgan fingerprint density at radius 3 is 2.59 bits per heavy atom. The van der Waals surface area contributed by atoms with Crippen molar-refractivity contribution in [3.63, 3.8) is 0 Å². The van der Waals surface area contributed by atoms with Gasteiger partial charge in [0.25, 0.3) is 5.91 Å². The fourth-order valence-corrected chi connectivity index (χ4v) is 5.29. The van der Waals surface area contributed by atoms with Crippen molar-refractivity contribution in [1.82, 2.24) is 15.1 Å². The lowest BCUT2D eigenvalue weighted by Crippen LogP contribution is -2.54. The maximum absolute atomic E-state index is 13.1. The van der Waals surface area contributed by atoms with Gasteiger partial charge in [0.2, 0.25) is 5.91 Å². The number of imide groups is 1. The number of carbonyl (C=O) groups is 4. The molecule has 2 N–H and O–H groups in total. The largest absolute Gasteiger partial charge is 0.481 e. The number of carboxylic acid groups (broad SMARTS) is 1. The van der Waals surface area contributed by atoms with Crippen LogP contribution in [0.2, 0.25) is 0 Å². The van der Waals surface area contributed by atoms with E-state index in [2.05, 4.69) is 26.1 Å². The van der Waals surface area contributed by atoms with Crippen molar-refractivity contribution in [2.24, 2.45) is 17.3 Å². The molecule has 1 saturated carbocycles. The van der Waals surface area contributed by atoms with Crippen LogP contribution < -0.4 is 5.32 Å². The Hall–Kier alpha value is -2.12. The van der Waals surface area contributed by atoms with Crippen LogP contribution in [0.1, 0.15) is 52.9 Å². The molecule has 0 aromatic rings. The predicted molar refractivity (Wildman–Crippen MR) is 96.7 cm³/mol. The van der Waals surface area contributed by atoms with Gasteiger partial charge in [0.05, 0.1) is 5.92 Å². The van der Waals surface area contributed by atoms with Gasteiger partial charge in [-0.2, -0.15) is 0 Å². The van der Waals surface area contributed by atoms with E-state index in [1.165, 1.54) is 4.90 Å². The van der Waals surface area contributed by atoms with Crippen LogP contribution in [-0.2, 0) is 14.4 Å². The Morgan fingerprint density at radius 2 is 1.96 bits per heavy atom. The number of urea groups is 1. The van der Waals surface area contributed by atoms with Crippen molar-refractivity contribution in [3.05, 3.63) is 0 Å². The van der Waals surface area contributed by atoms with E-state index >= 15 is 0 Å². The molecule has 2 saturated heterocycles. The van der Waals surface area contributed by atoms with E-state index in [-0.39, 0.29) is 30.3 Å². The van der Waals surface area contributed by atoms with Gasteiger partial charge in [0.1, 0.15) is 12.1 Å². The number of carbonyl (C=O) groups excluding carboxylic acids is 3. The van der Waals surface area contributed by atoms with Crippen LogP contribution in [0.5, 0.6) is 0 Å².